The van der Waals surface area contributed by atoms with E-state index >= 15 is 0 Å². The van der Waals surface area contributed by atoms with E-state index in [1.165, 1.54) is 96.3 Å². The first-order valence-electron chi connectivity index (χ1n) is 19.8. The minimum Gasteiger partial charge on any atom is -0.466 e. The first-order valence-corrected chi connectivity index (χ1v) is 19.8. The average molecular weight is 638 g/mol. The van der Waals surface area contributed by atoms with Crippen molar-refractivity contribution in [2.45, 2.75) is 200 Å². The minimum atomic E-state index is -0.0316. The highest BCUT2D eigenvalue weighted by molar-refractivity contribution is 5.69. The lowest BCUT2D eigenvalue weighted by Crippen LogP contribution is -2.29. The molecule has 1 aliphatic rings. The number of hydrogen-bond donors (Lipinski definition) is 1. The Kier molecular flexibility index (Phi) is 29.3. The van der Waals surface area contributed by atoms with Gasteiger partial charge in [-0.15, -0.1) is 0 Å². The van der Waals surface area contributed by atoms with E-state index in [0.717, 1.165) is 96.2 Å². The molecule has 0 aromatic heterocycles. The number of ether oxygens (including phenoxy) is 2. The van der Waals surface area contributed by atoms with E-state index < -0.39 is 0 Å². The van der Waals surface area contributed by atoms with Crippen LogP contribution in [0.15, 0.2) is 0 Å². The highest BCUT2D eigenvalue weighted by Crippen LogP contribution is 2.30. The lowest BCUT2D eigenvalue weighted by atomic mass is 9.84. The Bertz CT molecular complexity index is 664. The Balaban J connectivity index is 1.93. The van der Waals surface area contributed by atoms with E-state index in [-0.39, 0.29) is 24.6 Å². The van der Waals surface area contributed by atoms with Gasteiger partial charge in [-0.05, 0) is 76.8 Å². The zero-order valence-electron chi connectivity index (χ0n) is 30.0. The molecule has 0 saturated heterocycles. The molecule has 0 aromatic rings. The van der Waals surface area contributed by atoms with Gasteiger partial charge in [0.25, 0.3) is 0 Å². The molecule has 0 heterocycles. The van der Waals surface area contributed by atoms with Crippen molar-refractivity contribution in [1.82, 2.24) is 4.90 Å². The van der Waals surface area contributed by atoms with Crippen LogP contribution in [0.1, 0.15) is 194 Å². The zero-order chi connectivity index (χ0) is 32.6. The second-order valence-electron chi connectivity index (χ2n) is 13.9. The summed E-state index contributed by atoms with van der Waals surface area (Å²) >= 11 is 0. The Labute approximate surface area is 279 Å². The predicted molar refractivity (Wildman–Crippen MR) is 188 cm³/mol. The summed E-state index contributed by atoms with van der Waals surface area (Å²) in [5, 5.41) is 9.47. The summed E-state index contributed by atoms with van der Waals surface area (Å²) in [5.74, 6) is 0.827. The first kappa shape index (κ1) is 41.9. The highest BCUT2D eigenvalue weighted by atomic mass is 16.5. The Hall–Kier alpha value is -1.14. The number of hydrogen-bond acceptors (Lipinski definition) is 6. The quantitative estimate of drug-likeness (QED) is 0.0584. The van der Waals surface area contributed by atoms with Crippen LogP contribution in [0.5, 0.6) is 0 Å². The molecule has 0 radical (unpaired) electrons. The molecule has 1 N–H and O–H groups in total. The fourth-order valence-corrected chi connectivity index (χ4v) is 6.71. The molecule has 0 atom stereocenters. The molecule has 1 fully saturated rings. The number of esters is 2. The number of aliphatic hydroxyl groups is 1. The van der Waals surface area contributed by atoms with E-state index in [2.05, 4.69) is 18.7 Å². The largest absolute Gasteiger partial charge is 0.466 e. The lowest BCUT2D eigenvalue weighted by Gasteiger charge is -2.28. The first-order chi connectivity index (χ1) is 22.1. The molecule has 1 rings (SSSR count). The number of nitrogens with zero attached hydrogens (tertiary/aromatic N) is 1. The van der Waals surface area contributed by atoms with Crippen LogP contribution in [-0.2, 0) is 19.1 Å². The van der Waals surface area contributed by atoms with Crippen LogP contribution in [0.4, 0.5) is 0 Å². The number of carbonyl (C=O) groups excluding carboxylic acids is 2. The summed E-state index contributed by atoms with van der Waals surface area (Å²) in [4.78, 5) is 26.6. The van der Waals surface area contributed by atoms with E-state index in [4.69, 9.17) is 9.47 Å². The molecular weight excluding hydrogens is 562 g/mol. The molecular formula is C39H75NO5. The third-order valence-corrected chi connectivity index (χ3v) is 9.70. The summed E-state index contributed by atoms with van der Waals surface area (Å²) in [5.41, 5.74) is 0. The van der Waals surface area contributed by atoms with Gasteiger partial charge in [-0.1, -0.05) is 123 Å². The third-order valence-electron chi connectivity index (χ3n) is 9.70. The van der Waals surface area contributed by atoms with Gasteiger partial charge in [0, 0.05) is 19.4 Å². The van der Waals surface area contributed by atoms with Crippen molar-refractivity contribution in [3.05, 3.63) is 0 Å². The fraction of sp³-hybridized carbons (Fsp3) is 0.949. The maximum atomic E-state index is 12.3. The second-order valence-corrected chi connectivity index (χ2v) is 13.9. The van der Waals surface area contributed by atoms with Gasteiger partial charge in [0.2, 0.25) is 0 Å². The van der Waals surface area contributed by atoms with Gasteiger partial charge in [-0.3, -0.25) is 9.59 Å². The van der Waals surface area contributed by atoms with E-state index in [0.29, 0.717) is 19.4 Å². The topological polar surface area (TPSA) is 76.1 Å². The average Bonchev–Trinajstić information content (AvgIpc) is 3.04. The van der Waals surface area contributed by atoms with Gasteiger partial charge in [0.1, 0.15) is 6.10 Å². The van der Waals surface area contributed by atoms with Crippen molar-refractivity contribution in [3.63, 3.8) is 0 Å². The number of carbonyl (C=O) groups is 2. The SMILES string of the molecule is CCCCCCCCCOC(=O)CCCCCCCN(CCO)CCCCCCCC(=O)OC1CCC(CCCCCC)CC1. The van der Waals surface area contributed by atoms with Crippen LogP contribution in [0.2, 0.25) is 0 Å². The van der Waals surface area contributed by atoms with E-state index in [1.807, 2.05) is 0 Å². The molecule has 0 spiro atoms. The minimum absolute atomic E-state index is 0.00857. The van der Waals surface area contributed by atoms with Gasteiger partial charge >= 0.3 is 11.9 Å². The summed E-state index contributed by atoms with van der Waals surface area (Å²) in [6.45, 7) is 8.12. The summed E-state index contributed by atoms with van der Waals surface area (Å²) in [6, 6.07) is 0. The van der Waals surface area contributed by atoms with Crippen LogP contribution in [-0.4, -0.2) is 60.9 Å². The van der Waals surface area contributed by atoms with Gasteiger partial charge in [0.15, 0.2) is 0 Å². The summed E-state index contributed by atoms with van der Waals surface area (Å²) < 4.78 is 11.2. The lowest BCUT2D eigenvalue weighted by molar-refractivity contribution is -0.151. The van der Waals surface area contributed by atoms with Crippen LogP contribution in [0.3, 0.4) is 0 Å². The van der Waals surface area contributed by atoms with Crippen LogP contribution in [0.25, 0.3) is 0 Å². The fourth-order valence-electron chi connectivity index (χ4n) is 6.71. The normalized spacial score (nSPS) is 16.7. The molecule has 0 aromatic carbocycles. The molecule has 0 aliphatic heterocycles. The molecule has 45 heavy (non-hydrogen) atoms. The van der Waals surface area contributed by atoms with Crippen molar-refractivity contribution < 1.29 is 24.2 Å². The number of rotatable bonds is 32. The standard InChI is InChI=1S/C39H75NO5/c1-3-5-7-9-10-17-23-35-44-38(42)25-19-13-11-15-21-31-40(33-34-41)32-22-16-12-14-20-26-39(43)45-37-29-27-36(28-30-37)24-18-8-6-4-2/h36-37,41H,3-35H2,1-2H3. The second kappa shape index (κ2) is 31.5. The Morgan fingerprint density at radius 2 is 1.07 bits per heavy atom. The van der Waals surface area contributed by atoms with Crippen LogP contribution in [0, 0.1) is 5.92 Å². The van der Waals surface area contributed by atoms with E-state index in [9.17, 15) is 14.7 Å². The third kappa shape index (κ3) is 26.6. The molecule has 6 nitrogen and oxygen atoms in total. The van der Waals surface area contributed by atoms with Gasteiger partial charge in [-0.25, -0.2) is 0 Å². The molecule has 0 unspecified atom stereocenters. The Morgan fingerprint density at radius 1 is 0.578 bits per heavy atom. The molecule has 266 valence electrons. The van der Waals surface area contributed by atoms with Crippen molar-refractivity contribution in [1.29, 1.82) is 0 Å². The molecule has 0 bridgehead atoms. The Morgan fingerprint density at radius 3 is 1.64 bits per heavy atom. The predicted octanol–water partition coefficient (Wildman–Crippen LogP) is 10.3. The molecule has 0 amide bonds. The maximum Gasteiger partial charge on any atom is 0.306 e. The number of aliphatic hydroxyl groups excluding tert-OH is 1. The van der Waals surface area contributed by atoms with Gasteiger partial charge < -0.3 is 19.5 Å². The van der Waals surface area contributed by atoms with Crippen molar-refractivity contribution in [2.75, 3.05) is 32.8 Å². The van der Waals surface area contributed by atoms with Crippen LogP contribution < -0.4 is 0 Å². The van der Waals surface area contributed by atoms with Gasteiger partial charge in [0.05, 0.1) is 13.2 Å². The molecule has 6 heteroatoms. The van der Waals surface area contributed by atoms with Crippen molar-refractivity contribution in [2.24, 2.45) is 5.92 Å². The van der Waals surface area contributed by atoms with Crippen LogP contribution >= 0.6 is 0 Å². The summed E-state index contributed by atoms with van der Waals surface area (Å²) in [6.07, 6.45) is 32.3. The smallest absolute Gasteiger partial charge is 0.306 e. The van der Waals surface area contributed by atoms with E-state index in [1.54, 1.807) is 0 Å². The van der Waals surface area contributed by atoms with Crippen molar-refractivity contribution >= 4 is 11.9 Å². The zero-order valence-corrected chi connectivity index (χ0v) is 30.0. The van der Waals surface area contributed by atoms with Crippen molar-refractivity contribution in [3.8, 4) is 0 Å². The molecule has 1 aliphatic carbocycles. The molecule has 1 saturated carbocycles. The maximum absolute atomic E-state index is 12.3. The highest BCUT2D eigenvalue weighted by Gasteiger charge is 2.23. The van der Waals surface area contributed by atoms with Gasteiger partial charge in [-0.2, -0.15) is 0 Å². The summed E-state index contributed by atoms with van der Waals surface area (Å²) in [7, 11) is 0. The monoisotopic (exact) mass is 638 g/mol. The number of unbranched alkanes of at least 4 members (excludes halogenated alkanes) is 17.